The summed E-state index contributed by atoms with van der Waals surface area (Å²) in [5.41, 5.74) is 0.522. The molecule has 0 atom stereocenters. The summed E-state index contributed by atoms with van der Waals surface area (Å²) >= 11 is 0. The maximum Gasteiger partial charge on any atom is 0.244 e. The molecule has 2 rings (SSSR count). The molecular formula is C15H27N3O4S. The third kappa shape index (κ3) is 4.76. The third-order valence-corrected chi connectivity index (χ3v) is 5.53. The summed E-state index contributed by atoms with van der Waals surface area (Å²) in [6, 6.07) is 0.317. The van der Waals surface area contributed by atoms with Crippen molar-refractivity contribution < 1.29 is 17.9 Å². The van der Waals surface area contributed by atoms with Crippen molar-refractivity contribution >= 4 is 10.0 Å². The average molecular weight is 345 g/mol. The van der Waals surface area contributed by atoms with E-state index in [1.54, 1.807) is 17.8 Å². The van der Waals surface area contributed by atoms with Gasteiger partial charge in [-0.3, -0.25) is 4.68 Å². The second kappa shape index (κ2) is 8.23. The van der Waals surface area contributed by atoms with Gasteiger partial charge in [-0.05, 0) is 33.6 Å². The van der Waals surface area contributed by atoms with E-state index < -0.39 is 16.3 Å². The Morgan fingerprint density at radius 2 is 1.91 bits per heavy atom. The molecular weight excluding hydrogens is 318 g/mol. The number of aromatic nitrogens is 2. The van der Waals surface area contributed by atoms with E-state index in [0.717, 1.165) is 12.8 Å². The van der Waals surface area contributed by atoms with Gasteiger partial charge in [0.25, 0.3) is 0 Å². The van der Waals surface area contributed by atoms with Crippen molar-refractivity contribution in [2.24, 2.45) is 0 Å². The van der Waals surface area contributed by atoms with E-state index in [4.69, 9.17) is 9.47 Å². The number of nitrogens with zero attached hydrogens (tertiary/aromatic N) is 2. The first-order valence-corrected chi connectivity index (χ1v) is 9.74. The smallest absolute Gasteiger partial charge is 0.244 e. The molecule has 0 aromatic carbocycles. The molecule has 0 saturated heterocycles. The zero-order chi connectivity index (χ0) is 16.9. The van der Waals surface area contributed by atoms with Gasteiger partial charge >= 0.3 is 0 Å². The van der Waals surface area contributed by atoms with Crippen LogP contribution in [0.1, 0.15) is 51.3 Å². The molecule has 1 N–H and O–H groups in total. The van der Waals surface area contributed by atoms with Crippen LogP contribution in [-0.2, 0) is 19.5 Å². The largest absolute Gasteiger partial charge is 0.352 e. The minimum Gasteiger partial charge on any atom is -0.352 e. The van der Waals surface area contributed by atoms with E-state index in [1.807, 2.05) is 13.8 Å². The van der Waals surface area contributed by atoms with Gasteiger partial charge in [0, 0.05) is 19.4 Å². The van der Waals surface area contributed by atoms with Crippen LogP contribution in [0.15, 0.2) is 11.1 Å². The molecule has 0 spiro atoms. The molecule has 0 unspecified atom stereocenters. The minimum atomic E-state index is -3.62. The highest BCUT2D eigenvalue weighted by Gasteiger charge is 2.25. The van der Waals surface area contributed by atoms with Crippen LogP contribution >= 0.6 is 0 Å². The van der Waals surface area contributed by atoms with Crippen LogP contribution in [-0.4, -0.2) is 44.2 Å². The molecule has 8 heteroatoms. The summed E-state index contributed by atoms with van der Waals surface area (Å²) in [4.78, 5) is 0.233. The minimum absolute atomic E-state index is 0.0814. The number of ether oxygens (including phenoxy) is 2. The van der Waals surface area contributed by atoms with E-state index in [9.17, 15) is 8.42 Å². The lowest BCUT2D eigenvalue weighted by molar-refractivity contribution is -0.130. The Labute approximate surface area is 138 Å². The molecule has 1 aliphatic carbocycles. The number of aryl methyl sites for hydroxylation is 1. The molecule has 0 bridgehead atoms. The van der Waals surface area contributed by atoms with E-state index in [1.165, 1.54) is 12.8 Å². The number of hydrogen-bond acceptors (Lipinski definition) is 5. The second-order valence-corrected chi connectivity index (χ2v) is 7.42. The van der Waals surface area contributed by atoms with Crippen LogP contribution in [0.4, 0.5) is 0 Å². The van der Waals surface area contributed by atoms with Gasteiger partial charge in [0.15, 0.2) is 6.29 Å². The first kappa shape index (κ1) is 18.4. The van der Waals surface area contributed by atoms with Crippen LogP contribution in [0.3, 0.4) is 0 Å². The first-order valence-electron chi connectivity index (χ1n) is 8.26. The highest BCUT2D eigenvalue weighted by atomic mass is 32.2. The monoisotopic (exact) mass is 345 g/mol. The van der Waals surface area contributed by atoms with Crippen molar-refractivity contribution in [3.8, 4) is 0 Å². The third-order valence-electron chi connectivity index (χ3n) is 4.01. The summed E-state index contributed by atoms with van der Waals surface area (Å²) in [5.74, 6) is 0. The van der Waals surface area contributed by atoms with Crippen molar-refractivity contribution in [1.82, 2.24) is 14.5 Å². The second-order valence-electron chi connectivity index (χ2n) is 5.69. The lowest BCUT2D eigenvalue weighted by Gasteiger charge is -2.17. The quantitative estimate of drug-likeness (QED) is 0.692. The summed E-state index contributed by atoms with van der Waals surface area (Å²) in [6.45, 7) is 6.42. The van der Waals surface area contributed by atoms with Crippen molar-refractivity contribution in [3.05, 3.63) is 11.9 Å². The van der Waals surface area contributed by atoms with Gasteiger partial charge in [-0.2, -0.15) is 5.10 Å². The molecule has 23 heavy (non-hydrogen) atoms. The van der Waals surface area contributed by atoms with Crippen molar-refractivity contribution in [2.75, 3.05) is 19.8 Å². The average Bonchev–Trinajstić information content (AvgIpc) is 3.14. The first-order chi connectivity index (χ1) is 11.0. The normalized spacial score (nSPS) is 16.5. The van der Waals surface area contributed by atoms with Crippen LogP contribution < -0.4 is 4.72 Å². The fourth-order valence-electron chi connectivity index (χ4n) is 2.88. The molecule has 7 nitrogen and oxygen atoms in total. The zero-order valence-electron chi connectivity index (χ0n) is 14.1. The van der Waals surface area contributed by atoms with Crippen molar-refractivity contribution in [2.45, 2.75) is 63.7 Å². The topological polar surface area (TPSA) is 82.5 Å². The molecule has 0 amide bonds. The summed E-state index contributed by atoms with van der Waals surface area (Å²) in [5, 5.41) is 4.39. The van der Waals surface area contributed by atoms with Gasteiger partial charge in [0.1, 0.15) is 4.90 Å². The maximum absolute atomic E-state index is 12.5. The van der Waals surface area contributed by atoms with Crippen LogP contribution in [0.2, 0.25) is 0 Å². The lowest BCUT2D eigenvalue weighted by Crippen LogP contribution is -2.35. The van der Waals surface area contributed by atoms with E-state index in [0.29, 0.717) is 24.9 Å². The van der Waals surface area contributed by atoms with Gasteiger partial charge < -0.3 is 9.47 Å². The lowest BCUT2D eigenvalue weighted by atomic mass is 10.3. The number of nitrogens with one attached hydrogen (secondary N) is 1. The number of rotatable bonds is 9. The Morgan fingerprint density at radius 3 is 2.48 bits per heavy atom. The summed E-state index contributed by atoms with van der Waals surface area (Å²) in [7, 11) is -3.62. The van der Waals surface area contributed by atoms with Crippen molar-refractivity contribution in [3.63, 3.8) is 0 Å². The van der Waals surface area contributed by atoms with E-state index in [-0.39, 0.29) is 11.4 Å². The molecule has 0 radical (unpaired) electrons. The van der Waals surface area contributed by atoms with Crippen LogP contribution in [0.5, 0.6) is 0 Å². The molecule has 0 aliphatic heterocycles. The molecule has 1 saturated carbocycles. The van der Waals surface area contributed by atoms with Gasteiger partial charge in [0.05, 0.1) is 18.3 Å². The molecule has 1 fully saturated rings. The fourth-order valence-corrected chi connectivity index (χ4v) is 4.07. The molecule has 1 aromatic rings. The predicted octanol–water partition coefficient (Wildman–Crippen LogP) is 1.98. The summed E-state index contributed by atoms with van der Waals surface area (Å²) in [6.07, 6.45) is 5.53. The van der Waals surface area contributed by atoms with Crippen LogP contribution in [0, 0.1) is 6.92 Å². The van der Waals surface area contributed by atoms with Gasteiger partial charge in [-0.25, -0.2) is 13.1 Å². The Kier molecular flexibility index (Phi) is 6.58. The Bertz CT molecular complexity index is 588. The van der Waals surface area contributed by atoms with E-state index in [2.05, 4.69) is 9.82 Å². The molecule has 1 aromatic heterocycles. The molecule has 1 aliphatic rings. The molecule has 132 valence electrons. The Hall–Kier alpha value is -0.960. The summed E-state index contributed by atoms with van der Waals surface area (Å²) < 4.78 is 40.1. The van der Waals surface area contributed by atoms with Crippen LogP contribution in [0.25, 0.3) is 0 Å². The zero-order valence-corrected chi connectivity index (χ0v) is 14.9. The van der Waals surface area contributed by atoms with E-state index >= 15 is 0 Å². The molecule has 1 heterocycles. The number of sulfonamides is 1. The van der Waals surface area contributed by atoms with Crippen molar-refractivity contribution in [1.29, 1.82) is 0 Å². The highest BCUT2D eigenvalue weighted by Crippen LogP contribution is 2.30. The fraction of sp³-hybridized carbons (Fsp3) is 0.800. The van der Waals surface area contributed by atoms with Gasteiger partial charge in [0.2, 0.25) is 10.0 Å². The Balaban J connectivity index is 2.06. The van der Waals surface area contributed by atoms with Gasteiger partial charge in [-0.15, -0.1) is 0 Å². The predicted molar refractivity (Wildman–Crippen MR) is 86.7 cm³/mol. The van der Waals surface area contributed by atoms with Gasteiger partial charge in [-0.1, -0.05) is 12.8 Å². The standard InChI is InChI=1S/C15H27N3O4S/c1-4-21-15(22-5-2)10-16-23(19,20)14-11-18(17-12(14)3)13-8-6-7-9-13/h11,13,15-16H,4-10H2,1-3H3. The Morgan fingerprint density at radius 1 is 1.30 bits per heavy atom. The number of hydrogen-bond donors (Lipinski definition) is 1. The maximum atomic E-state index is 12.5. The highest BCUT2D eigenvalue weighted by molar-refractivity contribution is 7.89. The SMILES string of the molecule is CCOC(CNS(=O)(=O)c1cn(C2CCCC2)nc1C)OCC.